The lowest BCUT2D eigenvalue weighted by Gasteiger charge is -2.09. The van der Waals surface area contributed by atoms with Crippen LogP contribution in [-0.4, -0.2) is 18.1 Å². The molecule has 29 heavy (non-hydrogen) atoms. The van der Waals surface area contributed by atoms with E-state index in [1.165, 1.54) is 12.3 Å². The Morgan fingerprint density at radius 1 is 1.00 bits per heavy atom. The molecule has 0 fully saturated rings. The number of carbonyl (C=O) groups is 2. The fourth-order valence-electron chi connectivity index (χ4n) is 2.35. The van der Waals surface area contributed by atoms with Gasteiger partial charge in [0.05, 0.1) is 16.8 Å². The largest absolute Gasteiger partial charge is 0.422 e. The predicted octanol–water partition coefficient (Wildman–Crippen LogP) is 5.74. The molecule has 1 N–H and O–H groups in total. The molecule has 0 saturated carbocycles. The van der Waals surface area contributed by atoms with Crippen molar-refractivity contribution in [3.8, 4) is 5.75 Å². The van der Waals surface area contributed by atoms with E-state index in [0.717, 1.165) is 4.47 Å². The highest BCUT2D eigenvalue weighted by atomic mass is 79.9. The van der Waals surface area contributed by atoms with Crippen molar-refractivity contribution < 1.29 is 14.3 Å². The maximum Gasteiger partial charge on any atom is 0.345 e. The van der Waals surface area contributed by atoms with E-state index >= 15 is 0 Å². The highest BCUT2D eigenvalue weighted by Gasteiger charge is 2.14. The first-order valence-corrected chi connectivity index (χ1v) is 9.84. The van der Waals surface area contributed by atoms with Crippen LogP contribution in [0.4, 0.5) is 0 Å². The summed E-state index contributed by atoms with van der Waals surface area (Å²) >= 11 is 15.3. The SMILES string of the molecule is O=C(N/N=C\c1cc(Br)ccc1OC(=O)c1ccccc1Cl)c1cccc(Cl)c1. The predicted molar refractivity (Wildman–Crippen MR) is 117 cm³/mol. The minimum Gasteiger partial charge on any atom is -0.422 e. The third kappa shape index (κ3) is 5.67. The zero-order chi connectivity index (χ0) is 20.8. The Hall–Kier alpha value is -2.67. The molecule has 0 aliphatic carbocycles. The van der Waals surface area contributed by atoms with Crippen molar-refractivity contribution in [2.75, 3.05) is 0 Å². The monoisotopic (exact) mass is 490 g/mol. The minimum atomic E-state index is -0.601. The third-order valence-electron chi connectivity index (χ3n) is 3.72. The first-order valence-electron chi connectivity index (χ1n) is 8.29. The van der Waals surface area contributed by atoms with Crippen LogP contribution in [0, 0.1) is 0 Å². The van der Waals surface area contributed by atoms with Crippen molar-refractivity contribution in [2.24, 2.45) is 5.10 Å². The van der Waals surface area contributed by atoms with Gasteiger partial charge in [0, 0.05) is 20.6 Å². The quantitative estimate of drug-likeness (QED) is 0.214. The number of nitrogens with zero attached hydrogens (tertiary/aromatic N) is 1. The molecule has 146 valence electrons. The van der Waals surface area contributed by atoms with Crippen LogP contribution in [0.25, 0.3) is 0 Å². The van der Waals surface area contributed by atoms with Crippen molar-refractivity contribution in [2.45, 2.75) is 0 Å². The van der Waals surface area contributed by atoms with E-state index in [4.69, 9.17) is 27.9 Å². The lowest BCUT2D eigenvalue weighted by molar-refractivity contribution is 0.0734. The molecule has 8 heteroatoms. The molecular weight excluding hydrogens is 479 g/mol. The molecule has 3 aromatic rings. The molecule has 0 aliphatic heterocycles. The van der Waals surface area contributed by atoms with Crippen molar-refractivity contribution in [3.63, 3.8) is 0 Å². The van der Waals surface area contributed by atoms with E-state index in [-0.39, 0.29) is 11.3 Å². The third-order valence-corrected chi connectivity index (χ3v) is 4.78. The van der Waals surface area contributed by atoms with Gasteiger partial charge < -0.3 is 4.74 Å². The van der Waals surface area contributed by atoms with E-state index in [1.807, 2.05) is 0 Å². The van der Waals surface area contributed by atoms with Crippen LogP contribution in [0.3, 0.4) is 0 Å². The molecule has 0 radical (unpaired) electrons. The van der Waals surface area contributed by atoms with Gasteiger partial charge in [-0.15, -0.1) is 0 Å². The number of amides is 1. The maximum absolute atomic E-state index is 12.4. The van der Waals surface area contributed by atoms with Gasteiger partial charge in [0.25, 0.3) is 5.91 Å². The van der Waals surface area contributed by atoms with Gasteiger partial charge in [-0.1, -0.05) is 57.3 Å². The van der Waals surface area contributed by atoms with Gasteiger partial charge in [-0.3, -0.25) is 4.79 Å². The molecule has 1 amide bonds. The summed E-state index contributed by atoms with van der Waals surface area (Å²) in [4.78, 5) is 24.6. The van der Waals surface area contributed by atoms with Gasteiger partial charge in [0.15, 0.2) is 0 Å². The zero-order valence-electron chi connectivity index (χ0n) is 14.7. The topological polar surface area (TPSA) is 67.8 Å². The standard InChI is InChI=1S/C21H13BrCl2N2O3/c22-15-8-9-19(29-21(28)17-6-1-2-7-18(17)24)14(10-15)12-25-26-20(27)13-4-3-5-16(23)11-13/h1-12H,(H,26,27)/b25-12-. The Bertz CT molecular complexity index is 1100. The molecule has 0 aromatic heterocycles. The fraction of sp³-hybridized carbons (Fsp3) is 0. The van der Waals surface area contributed by atoms with E-state index in [0.29, 0.717) is 21.2 Å². The summed E-state index contributed by atoms with van der Waals surface area (Å²) in [6.45, 7) is 0. The summed E-state index contributed by atoms with van der Waals surface area (Å²) in [6, 6.07) is 18.1. The van der Waals surface area contributed by atoms with Crippen molar-refractivity contribution >= 4 is 57.2 Å². The Kier molecular flexibility index (Phi) is 7.04. The fourth-order valence-corrected chi connectivity index (χ4v) is 3.13. The van der Waals surface area contributed by atoms with Crippen LogP contribution in [0.2, 0.25) is 10.0 Å². The molecule has 0 atom stereocenters. The van der Waals surface area contributed by atoms with Crippen molar-refractivity contribution in [3.05, 3.63) is 97.9 Å². The summed E-state index contributed by atoms with van der Waals surface area (Å²) in [5, 5.41) is 4.68. The lowest BCUT2D eigenvalue weighted by Crippen LogP contribution is -2.17. The lowest BCUT2D eigenvalue weighted by atomic mass is 10.2. The van der Waals surface area contributed by atoms with Crippen LogP contribution < -0.4 is 10.2 Å². The molecule has 0 heterocycles. The number of carbonyl (C=O) groups excluding carboxylic acids is 2. The Morgan fingerprint density at radius 2 is 1.79 bits per heavy atom. The van der Waals surface area contributed by atoms with Crippen molar-refractivity contribution in [1.29, 1.82) is 0 Å². The van der Waals surface area contributed by atoms with E-state index in [1.54, 1.807) is 60.7 Å². The number of rotatable bonds is 5. The second-order valence-corrected chi connectivity index (χ2v) is 7.52. The van der Waals surface area contributed by atoms with E-state index in [2.05, 4.69) is 26.5 Å². The normalized spacial score (nSPS) is 10.7. The Labute approximate surface area is 185 Å². The zero-order valence-corrected chi connectivity index (χ0v) is 17.8. The summed E-state index contributed by atoms with van der Waals surface area (Å²) in [7, 11) is 0. The van der Waals surface area contributed by atoms with Crippen LogP contribution in [0.5, 0.6) is 5.75 Å². The number of nitrogens with one attached hydrogen (secondary N) is 1. The smallest absolute Gasteiger partial charge is 0.345 e. The number of benzene rings is 3. The summed E-state index contributed by atoms with van der Waals surface area (Å²) in [5.74, 6) is -0.761. The molecule has 0 unspecified atom stereocenters. The minimum absolute atomic E-state index is 0.245. The number of esters is 1. The second-order valence-electron chi connectivity index (χ2n) is 5.76. The summed E-state index contributed by atoms with van der Waals surface area (Å²) in [5.41, 5.74) is 3.50. The average molecular weight is 492 g/mol. The van der Waals surface area contributed by atoms with Crippen LogP contribution >= 0.6 is 39.1 Å². The molecule has 3 aromatic carbocycles. The molecular formula is C21H13BrCl2N2O3. The second kappa shape index (κ2) is 9.69. The highest BCUT2D eigenvalue weighted by Crippen LogP contribution is 2.24. The number of hydrogen-bond donors (Lipinski definition) is 1. The van der Waals surface area contributed by atoms with Gasteiger partial charge in [0.2, 0.25) is 0 Å². The molecule has 0 spiro atoms. The molecule has 0 saturated heterocycles. The molecule has 0 aliphatic rings. The number of halogens is 3. The Balaban J connectivity index is 1.76. The number of ether oxygens (including phenoxy) is 1. The first-order chi connectivity index (χ1) is 13.9. The van der Waals surface area contributed by atoms with Gasteiger partial charge in [-0.2, -0.15) is 5.10 Å². The van der Waals surface area contributed by atoms with E-state index < -0.39 is 11.9 Å². The van der Waals surface area contributed by atoms with Gasteiger partial charge >= 0.3 is 5.97 Å². The van der Waals surface area contributed by atoms with Crippen LogP contribution in [0.1, 0.15) is 26.3 Å². The van der Waals surface area contributed by atoms with Gasteiger partial charge in [0.1, 0.15) is 5.75 Å². The van der Waals surface area contributed by atoms with Gasteiger partial charge in [-0.05, 0) is 48.5 Å². The molecule has 3 rings (SSSR count). The maximum atomic E-state index is 12.4. The number of hydrazone groups is 1. The van der Waals surface area contributed by atoms with E-state index in [9.17, 15) is 9.59 Å². The first kappa shape index (κ1) is 21.0. The summed E-state index contributed by atoms with van der Waals surface area (Å²) in [6.07, 6.45) is 1.38. The van der Waals surface area contributed by atoms with Crippen LogP contribution in [0.15, 0.2) is 76.3 Å². The molecule has 5 nitrogen and oxygen atoms in total. The Morgan fingerprint density at radius 3 is 2.55 bits per heavy atom. The van der Waals surface area contributed by atoms with Gasteiger partial charge in [-0.25, -0.2) is 10.2 Å². The number of hydrogen-bond acceptors (Lipinski definition) is 4. The summed E-state index contributed by atoms with van der Waals surface area (Å²) < 4.78 is 6.21. The highest BCUT2D eigenvalue weighted by molar-refractivity contribution is 9.10. The van der Waals surface area contributed by atoms with Crippen LogP contribution in [-0.2, 0) is 0 Å². The molecule has 0 bridgehead atoms. The average Bonchev–Trinajstić information content (AvgIpc) is 2.70. The van der Waals surface area contributed by atoms with Crippen molar-refractivity contribution in [1.82, 2.24) is 5.43 Å².